The predicted molar refractivity (Wildman–Crippen MR) is 81.8 cm³/mol. The molecule has 1 heterocycles. The van der Waals surface area contributed by atoms with Gasteiger partial charge in [0, 0.05) is 23.5 Å². The first-order valence-corrected chi connectivity index (χ1v) is 6.75. The first kappa shape index (κ1) is 14.9. The standard InChI is InChI=1S/C15H19N3O3/c1-10(2)21-15-9-13(7-8-14(15)18(19)20)16-17-11(3)5-6-12(17)4/h5-10,16H,1-4H3. The van der Waals surface area contributed by atoms with Crippen molar-refractivity contribution in [2.24, 2.45) is 0 Å². The maximum Gasteiger partial charge on any atom is 0.311 e. The summed E-state index contributed by atoms with van der Waals surface area (Å²) in [5.41, 5.74) is 6.02. The van der Waals surface area contributed by atoms with E-state index in [0.717, 1.165) is 17.1 Å². The van der Waals surface area contributed by atoms with Gasteiger partial charge >= 0.3 is 5.69 Å². The molecular weight excluding hydrogens is 270 g/mol. The van der Waals surface area contributed by atoms with E-state index in [1.165, 1.54) is 6.07 Å². The third-order valence-corrected chi connectivity index (χ3v) is 3.03. The second-order valence-corrected chi connectivity index (χ2v) is 5.17. The van der Waals surface area contributed by atoms with Gasteiger partial charge in [-0.25, -0.2) is 0 Å². The molecule has 0 atom stereocenters. The fourth-order valence-electron chi connectivity index (χ4n) is 2.06. The second-order valence-electron chi connectivity index (χ2n) is 5.17. The first-order chi connectivity index (χ1) is 9.88. The summed E-state index contributed by atoms with van der Waals surface area (Å²) in [5, 5.41) is 11.0. The number of nitro benzene ring substituents is 1. The van der Waals surface area contributed by atoms with E-state index >= 15 is 0 Å². The first-order valence-electron chi connectivity index (χ1n) is 6.75. The number of aryl methyl sites for hydroxylation is 2. The van der Waals surface area contributed by atoms with E-state index in [4.69, 9.17) is 4.74 Å². The van der Waals surface area contributed by atoms with Gasteiger partial charge in [0.2, 0.25) is 0 Å². The maximum absolute atomic E-state index is 11.0. The van der Waals surface area contributed by atoms with Gasteiger partial charge < -0.3 is 4.74 Å². The molecule has 0 amide bonds. The number of rotatable bonds is 5. The van der Waals surface area contributed by atoms with Crippen LogP contribution in [0.1, 0.15) is 25.2 Å². The van der Waals surface area contributed by atoms with Gasteiger partial charge in [-0.3, -0.25) is 20.2 Å². The predicted octanol–water partition coefficient (Wildman–Crippen LogP) is 3.68. The molecule has 0 aliphatic rings. The van der Waals surface area contributed by atoms with Crippen LogP contribution in [0.5, 0.6) is 5.75 Å². The van der Waals surface area contributed by atoms with Gasteiger partial charge in [0.25, 0.3) is 0 Å². The highest BCUT2D eigenvalue weighted by Gasteiger charge is 2.17. The Morgan fingerprint density at radius 3 is 2.33 bits per heavy atom. The summed E-state index contributed by atoms with van der Waals surface area (Å²) in [4.78, 5) is 10.6. The van der Waals surface area contributed by atoms with E-state index in [9.17, 15) is 10.1 Å². The highest BCUT2D eigenvalue weighted by molar-refractivity contribution is 5.58. The molecule has 112 valence electrons. The Morgan fingerprint density at radius 1 is 1.19 bits per heavy atom. The molecule has 0 spiro atoms. The Balaban J connectivity index is 2.35. The number of hydrogen-bond donors (Lipinski definition) is 1. The van der Waals surface area contributed by atoms with Crippen molar-refractivity contribution in [3.05, 3.63) is 51.8 Å². The van der Waals surface area contributed by atoms with Crippen LogP contribution in [0.4, 0.5) is 11.4 Å². The Bertz CT molecular complexity index is 643. The van der Waals surface area contributed by atoms with E-state index in [0.29, 0.717) is 0 Å². The summed E-state index contributed by atoms with van der Waals surface area (Å²) in [6.45, 7) is 7.64. The molecule has 0 bridgehead atoms. The number of benzene rings is 1. The van der Waals surface area contributed by atoms with Crippen LogP contribution < -0.4 is 10.2 Å². The monoisotopic (exact) mass is 289 g/mol. The average molecular weight is 289 g/mol. The summed E-state index contributed by atoms with van der Waals surface area (Å²) in [7, 11) is 0. The molecule has 1 aromatic carbocycles. The Kier molecular flexibility index (Phi) is 4.16. The molecule has 0 saturated carbocycles. The van der Waals surface area contributed by atoms with Crippen LogP contribution in [0, 0.1) is 24.0 Å². The lowest BCUT2D eigenvalue weighted by molar-refractivity contribution is -0.386. The minimum absolute atomic E-state index is 0.0322. The van der Waals surface area contributed by atoms with E-state index < -0.39 is 4.92 Å². The van der Waals surface area contributed by atoms with Crippen molar-refractivity contribution in [1.29, 1.82) is 0 Å². The smallest absolute Gasteiger partial charge is 0.311 e. The molecular formula is C15H19N3O3. The zero-order valence-electron chi connectivity index (χ0n) is 12.6. The van der Waals surface area contributed by atoms with Crippen molar-refractivity contribution < 1.29 is 9.66 Å². The van der Waals surface area contributed by atoms with Gasteiger partial charge in [-0.2, -0.15) is 0 Å². The van der Waals surface area contributed by atoms with E-state index in [1.54, 1.807) is 12.1 Å². The van der Waals surface area contributed by atoms with Gasteiger partial charge in [-0.1, -0.05) is 0 Å². The summed E-state index contributed by atoms with van der Waals surface area (Å²) in [6, 6.07) is 8.77. The summed E-state index contributed by atoms with van der Waals surface area (Å²) < 4.78 is 7.45. The van der Waals surface area contributed by atoms with Gasteiger partial charge in [0.15, 0.2) is 5.75 Å². The Hall–Kier alpha value is -2.50. The minimum Gasteiger partial charge on any atom is -0.484 e. The van der Waals surface area contributed by atoms with Crippen molar-refractivity contribution in [1.82, 2.24) is 4.68 Å². The highest BCUT2D eigenvalue weighted by Crippen LogP contribution is 2.31. The van der Waals surface area contributed by atoms with Gasteiger partial charge in [0.1, 0.15) is 0 Å². The fourth-order valence-corrected chi connectivity index (χ4v) is 2.06. The molecule has 0 aliphatic carbocycles. The summed E-state index contributed by atoms with van der Waals surface area (Å²) in [5.74, 6) is 0.266. The molecule has 0 aliphatic heterocycles. The number of ether oxygens (including phenoxy) is 1. The number of nitrogens with zero attached hydrogens (tertiary/aromatic N) is 2. The average Bonchev–Trinajstić information content (AvgIpc) is 2.70. The number of nitro groups is 1. The number of aromatic nitrogens is 1. The van der Waals surface area contributed by atoms with Gasteiger partial charge in [-0.05, 0) is 45.9 Å². The van der Waals surface area contributed by atoms with Crippen LogP contribution >= 0.6 is 0 Å². The zero-order chi connectivity index (χ0) is 15.6. The number of anilines is 1. The second kappa shape index (κ2) is 5.87. The highest BCUT2D eigenvalue weighted by atomic mass is 16.6. The Labute approximate surface area is 123 Å². The van der Waals surface area contributed by atoms with Crippen LogP contribution in [0.15, 0.2) is 30.3 Å². The normalized spacial score (nSPS) is 10.7. The molecule has 0 unspecified atom stereocenters. The van der Waals surface area contributed by atoms with E-state index in [-0.39, 0.29) is 17.5 Å². The molecule has 2 aromatic rings. The van der Waals surface area contributed by atoms with Crippen molar-refractivity contribution in [2.45, 2.75) is 33.8 Å². The zero-order valence-corrected chi connectivity index (χ0v) is 12.6. The van der Waals surface area contributed by atoms with Crippen molar-refractivity contribution in [3.63, 3.8) is 0 Å². The third kappa shape index (κ3) is 3.34. The van der Waals surface area contributed by atoms with E-state index in [2.05, 4.69) is 5.43 Å². The maximum atomic E-state index is 11.0. The summed E-state index contributed by atoms with van der Waals surface area (Å²) >= 11 is 0. The fraction of sp³-hybridized carbons (Fsp3) is 0.333. The lowest BCUT2D eigenvalue weighted by Crippen LogP contribution is -2.13. The third-order valence-electron chi connectivity index (χ3n) is 3.03. The van der Waals surface area contributed by atoms with Crippen molar-refractivity contribution >= 4 is 11.4 Å². The van der Waals surface area contributed by atoms with Crippen molar-refractivity contribution in [3.8, 4) is 5.75 Å². The van der Waals surface area contributed by atoms with Crippen LogP contribution in [0.3, 0.4) is 0 Å². The lowest BCUT2D eigenvalue weighted by atomic mass is 10.2. The van der Waals surface area contributed by atoms with Crippen LogP contribution in [0.2, 0.25) is 0 Å². The minimum atomic E-state index is -0.437. The van der Waals surface area contributed by atoms with Crippen LogP contribution in [-0.4, -0.2) is 15.7 Å². The molecule has 0 saturated heterocycles. The van der Waals surface area contributed by atoms with Crippen molar-refractivity contribution in [2.75, 3.05) is 5.43 Å². The molecule has 21 heavy (non-hydrogen) atoms. The van der Waals surface area contributed by atoms with E-state index in [1.807, 2.05) is 44.5 Å². The molecule has 0 radical (unpaired) electrons. The van der Waals surface area contributed by atoms with Gasteiger partial charge in [0.05, 0.1) is 16.7 Å². The molecule has 6 heteroatoms. The topological polar surface area (TPSA) is 69.3 Å². The van der Waals surface area contributed by atoms with Crippen LogP contribution in [-0.2, 0) is 0 Å². The Morgan fingerprint density at radius 2 is 1.81 bits per heavy atom. The molecule has 1 aromatic heterocycles. The number of hydrogen-bond acceptors (Lipinski definition) is 4. The van der Waals surface area contributed by atoms with Crippen LogP contribution in [0.25, 0.3) is 0 Å². The summed E-state index contributed by atoms with van der Waals surface area (Å²) in [6.07, 6.45) is -0.131. The molecule has 2 rings (SSSR count). The molecule has 6 nitrogen and oxygen atoms in total. The SMILES string of the molecule is Cc1ccc(C)n1Nc1ccc([N+](=O)[O-])c(OC(C)C)c1. The lowest BCUT2D eigenvalue weighted by Gasteiger charge is -2.15. The quantitative estimate of drug-likeness (QED) is 0.673. The molecule has 1 N–H and O–H groups in total. The largest absolute Gasteiger partial charge is 0.484 e. The number of nitrogens with one attached hydrogen (secondary N) is 1. The van der Waals surface area contributed by atoms with Gasteiger partial charge in [-0.15, -0.1) is 0 Å². The molecule has 0 fully saturated rings.